The first kappa shape index (κ1) is 21.8. The lowest BCUT2D eigenvalue weighted by Crippen LogP contribution is -2.42. The fourth-order valence-corrected chi connectivity index (χ4v) is 4.96. The first-order valence-corrected chi connectivity index (χ1v) is 11.3. The van der Waals surface area contributed by atoms with E-state index in [0.717, 1.165) is 11.1 Å². The molecule has 0 atom stereocenters. The van der Waals surface area contributed by atoms with Gasteiger partial charge >= 0.3 is 0 Å². The smallest absolute Gasteiger partial charge is 0.243 e. The van der Waals surface area contributed by atoms with E-state index < -0.39 is 10.0 Å². The molecule has 156 valence electrons. The highest BCUT2D eigenvalue weighted by atomic mass is 35.5. The molecule has 2 aromatic carbocycles. The third-order valence-electron chi connectivity index (χ3n) is 5.08. The van der Waals surface area contributed by atoms with E-state index in [0.29, 0.717) is 44.1 Å². The van der Waals surface area contributed by atoms with Crippen molar-refractivity contribution in [2.75, 3.05) is 20.2 Å². The Balaban J connectivity index is 1.50. The molecule has 6 nitrogen and oxygen atoms in total. The standard InChI is InChI=1S/C21H25ClN2O4S/c1-28-15-17-4-2-16(3-5-17)14-23-21(25)18-10-12-24(13-11-18)29(26,27)20-8-6-19(22)7-9-20/h2-9,18H,10-15H2,1H3,(H,23,25). The van der Waals surface area contributed by atoms with Gasteiger partial charge in [-0.15, -0.1) is 0 Å². The molecule has 1 aliphatic rings. The summed E-state index contributed by atoms with van der Waals surface area (Å²) in [5, 5.41) is 3.45. The summed E-state index contributed by atoms with van der Waals surface area (Å²) in [7, 11) is -1.91. The normalized spacial score (nSPS) is 15.9. The van der Waals surface area contributed by atoms with E-state index in [-0.39, 0.29) is 16.7 Å². The van der Waals surface area contributed by atoms with Crippen LogP contribution in [0.2, 0.25) is 5.02 Å². The number of nitrogens with one attached hydrogen (secondary N) is 1. The minimum atomic E-state index is -3.56. The molecule has 1 amide bonds. The molecule has 1 N–H and O–H groups in total. The van der Waals surface area contributed by atoms with E-state index in [4.69, 9.17) is 16.3 Å². The van der Waals surface area contributed by atoms with Gasteiger partial charge in [-0.05, 0) is 48.2 Å². The number of hydrogen-bond donors (Lipinski definition) is 1. The SMILES string of the molecule is COCc1ccc(CNC(=O)C2CCN(S(=O)(=O)c3ccc(Cl)cc3)CC2)cc1. The van der Waals surface area contributed by atoms with Crippen molar-refractivity contribution < 1.29 is 17.9 Å². The number of carbonyl (C=O) groups excluding carboxylic acids is 1. The number of methoxy groups -OCH3 is 1. The maximum Gasteiger partial charge on any atom is 0.243 e. The summed E-state index contributed by atoms with van der Waals surface area (Å²) in [6, 6.07) is 14.0. The summed E-state index contributed by atoms with van der Waals surface area (Å²) >= 11 is 5.84. The molecule has 29 heavy (non-hydrogen) atoms. The number of benzene rings is 2. The number of ether oxygens (including phenoxy) is 1. The van der Waals surface area contributed by atoms with Gasteiger partial charge in [-0.1, -0.05) is 35.9 Å². The number of amides is 1. The molecule has 0 saturated carbocycles. The van der Waals surface area contributed by atoms with Crippen molar-refractivity contribution in [3.63, 3.8) is 0 Å². The molecular formula is C21H25ClN2O4S. The predicted molar refractivity (Wildman–Crippen MR) is 112 cm³/mol. The lowest BCUT2D eigenvalue weighted by atomic mass is 9.97. The van der Waals surface area contributed by atoms with Crippen LogP contribution in [0, 0.1) is 5.92 Å². The molecule has 0 bridgehead atoms. The minimum Gasteiger partial charge on any atom is -0.380 e. The average molecular weight is 437 g/mol. The maximum atomic E-state index is 12.7. The van der Waals surface area contributed by atoms with Gasteiger partial charge in [-0.25, -0.2) is 8.42 Å². The molecule has 1 aliphatic heterocycles. The Kier molecular flexibility index (Phi) is 7.29. The molecule has 0 unspecified atom stereocenters. The minimum absolute atomic E-state index is 0.0329. The molecule has 0 spiro atoms. The van der Waals surface area contributed by atoms with Crippen molar-refractivity contribution in [3.8, 4) is 0 Å². The Bertz CT molecular complexity index is 922. The Hall–Kier alpha value is -1.93. The second-order valence-corrected chi connectivity index (χ2v) is 9.47. The molecule has 2 aromatic rings. The number of sulfonamides is 1. The second kappa shape index (κ2) is 9.71. The molecule has 3 rings (SSSR count). The monoisotopic (exact) mass is 436 g/mol. The van der Waals surface area contributed by atoms with Crippen LogP contribution >= 0.6 is 11.6 Å². The largest absolute Gasteiger partial charge is 0.380 e. The Labute approximate surface area is 176 Å². The van der Waals surface area contributed by atoms with Crippen molar-refractivity contribution in [2.45, 2.75) is 30.9 Å². The van der Waals surface area contributed by atoms with Crippen LogP contribution in [-0.4, -0.2) is 38.8 Å². The zero-order chi connectivity index (χ0) is 20.9. The van der Waals surface area contributed by atoms with E-state index in [1.54, 1.807) is 19.2 Å². The highest BCUT2D eigenvalue weighted by molar-refractivity contribution is 7.89. The van der Waals surface area contributed by atoms with Crippen LogP contribution in [0.1, 0.15) is 24.0 Å². The van der Waals surface area contributed by atoms with E-state index >= 15 is 0 Å². The summed E-state index contributed by atoms with van der Waals surface area (Å²) in [6.07, 6.45) is 1.01. The fourth-order valence-electron chi connectivity index (χ4n) is 3.37. The van der Waals surface area contributed by atoms with Gasteiger partial charge < -0.3 is 10.1 Å². The van der Waals surface area contributed by atoms with E-state index in [2.05, 4.69) is 5.32 Å². The van der Waals surface area contributed by atoms with Crippen LogP contribution in [0.25, 0.3) is 0 Å². The topological polar surface area (TPSA) is 75.7 Å². The van der Waals surface area contributed by atoms with Crippen LogP contribution in [0.4, 0.5) is 0 Å². The molecule has 1 saturated heterocycles. The van der Waals surface area contributed by atoms with Crippen molar-refractivity contribution in [1.29, 1.82) is 0 Å². The summed E-state index contributed by atoms with van der Waals surface area (Å²) in [6.45, 7) is 1.67. The predicted octanol–water partition coefficient (Wildman–Crippen LogP) is 3.20. The first-order chi connectivity index (χ1) is 13.9. The third kappa shape index (κ3) is 5.57. The number of rotatable bonds is 7. The van der Waals surface area contributed by atoms with Gasteiger partial charge in [0.05, 0.1) is 11.5 Å². The van der Waals surface area contributed by atoms with Gasteiger partial charge in [-0.3, -0.25) is 4.79 Å². The van der Waals surface area contributed by atoms with Crippen LogP contribution in [0.3, 0.4) is 0 Å². The zero-order valence-corrected chi connectivity index (χ0v) is 17.9. The van der Waals surface area contributed by atoms with Gasteiger partial charge in [0, 0.05) is 37.7 Å². The fraction of sp³-hybridized carbons (Fsp3) is 0.381. The average Bonchev–Trinajstić information content (AvgIpc) is 2.73. The lowest BCUT2D eigenvalue weighted by Gasteiger charge is -2.30. The van der Waals surface area contributed by atoms with Crippen LogP contribution in [0.15, 0.2) is 53.4 Å². The molecule has 1 heterocycles. The Morgan fingerprint density at radius 1 is 1.07 bits per heavy atom. The molecule has 1 fully saturated rings. The molecular weight excluding hydrogens is 412 g/mol. The lowest BCUT2D eigenvalue weighted by molar-refractivity contribution is -0.126. The van der Waals surface area contributed by atoms with Gasteiger partial charge in [0.1, 0.15) is 0 Å². The number of carbonyl (C=O) groups is 1. The van der Waals surface area contributed by atoms with Crippen molar-refractivity contribution >= 4 is 27.5 Å². The van der Waals surface area contributed by atoms with Crippen molar-refractivity contribution in [2.24, 2.45) is 5.92 Å². The Morgan fingerprint density at radius 3 is 2.24 bits per heavy atom. The molecule has 0 aliphatic carbocycles. The number of piperidine rings is 1. The number of hydrogen-bond acceptors (Lipinski definition) is 4. The van der Waals surface area contributed by atoms with Crippen LogP contribution in [-0.2, 0) is 32.7 Å². The molecule has 0 aromatic heterocycles. The van der Waals surface area contributed by atoms with Gasteiger partial charge in [-0.2, -0.15) is 4.31 Å². The number of nitrogens with zero attached hydrogens (tertiary/aromatic N) is 1. The van der Waals surface area contributed by atoms with Gasteiger partial charge in [0.15, 0.2) is 0 Å². The highest BCUT2D eigenvalue weighted by Gasteiger charge is 2.31. The van der Waals surface area contributed by atoms with E-state index in [1.165, 1.54) is 16.4 Å². The molecule has 0 radical (unpaired) electrons. The van der Waals surface area contributed by atoms with Gasteiger partial charge in [0.2, 0.25) is 15.9 Å². The van der Waals surface area contributed by atoms with Crippen LogP contribution in [0.5, 0.6) is 0 Å². The van der Waals surface area contributed by atoms with Crippen molar-refractivity contribution in [3.05, 3.63) is 64.7 Å². The summed E-state index contributed by atoms with van der Waals surface area (Å²) < 4.78 is 32.0. The van der Waals surface area contributed by atoms with Crippen LogP contribution < -0.4 is 5.32 Å². The summed E-state index contributed by atoms with van der Waals surface area (Å²) in [4.78, 5) is 12.7. The molecule has 8 heteroatoms. The Morgan fingerprint density at radius 2 is 1.66 bits per heavy atom. The van der Waals surface area contributed by atoms with E-state index in [9.17, 15) is 13.2 Å². The quantitative estimate of drug-likeness (QED) is 0.723. The third-order valence-corrected chi connectivity index (χ3v) is 7.24. The highest BCUT2D eigenvalue weighted by Crippen LogP contribution is 2.25. The summed E-state index contributed by atoms with van der Waals surface area (Å²) in [5.41, 5.74) is 2.10. The summed E-state index contributed by atoms with van der Waals surface area (Å²) in [5.74, 6) is -0.214. The zero-order valence-electron chi connectivity index (χ0n) is 16.3. The first-order valence-electron chi connectivity index (χ1n) is 9.50. The van der Waals surface area contributed by atoms with Crippen molar-refractivity contribution in [1.82, 2.24) is 9.62 Å². The number of halogens is 1. The maximum absolute atomic E-state index is 12.7. The second-order valence-electron chi connectivity index (χ2n) is 7.10. The van der Waals surface area contributed by atoms with Gasteiger partial charge in [0.25, 0.3) is 0 Å². The van der Waals surface area contributed by atoms with E-state index in [1.807, 2.05) is 24.3 Å².